The van der Waals surface area contributed by atoms with Gasteiger partial charge in [-0.2, -0.15) is 0 Å². The SMILES string of the molecule is CC12CCC3C(CC[C@H]4CC5(CCC34C)OCCO5)C1CCC2CCCCO. The quantitative estimate of drug-likeness (QED) is 0.640. The molecule has 4 aliphatic carbocycles. The maximum absolute atomic E-state index is 9.19. The second kappa shape index (κ2) is 7.24. The van der Waals surface area contributed by atoms with E-state index in [4.69, 9.17) is 9.47 Å². The maximum atomic E-state index is 9.19. The van der Waals surface area contributed by atoms with E-state index in [2.05, 4.69) is 13.8 Å². The molecule has 5 rings (SSSR count). The van der Waals surface area contributed by atoms with Crippen LogP contribution in [0.1, 0.15) is 90.9 Å². The second-order valence-electron chi connectivity index (χ2n) is 11.5. The Kier molecular flexibility index (Phi) is 5.12. The summed E-state index contributed by atoms with van der Waals surface area (Å²) in [6.45, 7) is 7.26. The number of aliphatic hydroxyl groups is 1. The van der Waals surface area contributed by atoms with Crippen LogP contribution in [0.25, 0.3) is 0 Å². The zero-order chi connectivity index (χ0) is 19.4. The Morgan fingerprint density at radius 3 is 2.39 bits per heavy atom. The van der Waals surface area contributed by atoms with Crippen molar-refractivity contribution in [2.24, 2.45) is 40.4 Å². The van der Waals surface area contributed by atoms with Crippen molar-refractivity contribution in [1.82, 2.24) is 0 Å². The molecule has 0 aromatic carbocycles. The predicted molar refractivity (Wildman–Crippen MR) is 111 cm³/mol. The second-order valence-corrected chi connectivity index (χ2v) is 11.5. The molecule has 5 fully saturated rings. The Balaban J connectivity index is 1.31. The first kappa shape index (κ1) is 19.8. The molecule has 0 aromatic heterocycles. The molecule has 5 aliphatic rings. The molecule has 3 heteroatoms. The average Bonchev–Trinajstić information content (AvgIpc) is 3.27. The maximum Gasteiger partial charge on any atom is 0.168 e. The largest absolute Gasteiger partial charge is 0.396 e. The summed E-state index contributed by atoms with van der Waals surface area (Å²) in [6, 6.07) is 0. The van der Waals surface area contributed by atoms with Crippen molar-refractivity contribution in [2.45, 2.75) is 96.7 Å². The van der Waals surface area contributed by atoms with Gasteiger partial charge in [0, 0.05) is 19.4 Å². The van der Waals surface area contributed by atoms with Crippen molar-refractivity contribution >= 4 is 0 Å². The topological polar surface area (TPSA) is 38.7 Å². The molecule has 0 amide bonds. The third kappa shape index (κ3) is 2.94. The first-order valence-electron chi connectivity index (χ1n) is 12.4. The van der Waals surface area contributed by atoms with Crippen LogP contribution in [-0.2, 0) is 9.47 Å². The third-order valence-electron chi connectivity index (χ3n) is 10.6. The molecule has 1 heterocycles. The molecule has 160 valence electrons. The summed E-state index contributed by atoms with van der Waals surface area (Å²) in [7, 11) is 0. The highest BCUT2D eigenvalue weighted by molar-refractivity contribution is 5.10. The minimum Gasteiger partial charge on any atom is -0.396 e. The minimum atomic E-state index is -0.217. The predicted octanol–water partition coefficient (Wildman–Crippen LogP) is 5.55. The van der Waals surface area contributed by atoms with Crippen LogP contribution in [0.15, 0.2) is 0 Å². The van der Waals surface area contributed by atoms with E-state index in [1.54, 1.807) is 0 Å². The van der Waals surface area contributed by atoms with Gasteiger partial charge < -0.3 is 14.6 Å². The van der Waals surface area contributed by atoms with E-state index >= 15 is 0 Å². The summed E-state index contributed by atoms with van der Waals surface area (Å²) in [5.74, 6) is 4.34. The number of rotatable bonds is 4. The lowest BCUT2D eigenvalue weighted by Crippen LogP contribution is -2.56. The Morgan fingerprint density at radius 2 is 1.61 bits per heavy atom. The molecule has 1 aliphatic heterocycles. The van der Waals surface area contributed by atoms with Gasteiger partial charge in [0.1, 0.15) is 0 Å². The van der Waals surface area contributed by atoms with Crippen LogP contribution in [0.5, 0.6) is 0 Å². The van der Waals surface area contributed by atoms with Gasteiger partial charge in [0.05, 0.1) is 13.2 Å². The smallest absolute Gasteiger partial charge is 0.168 e. The van der Waals surface area contributed by atoms with Crippen molar-refractivity contribution in [3.05, 3.63) is 0 Å². The number of hydrogen-bond acceptors (Lipinski definition) is 3. The monoisotopic (exact) mass is 390 g/mol. The van der Waals surface area contributed by atoms with E-state index in [1.807, 2.05) is 0 Å². The van der Waals surface area contributed by atoms with Gasteiger partial charge in [-0.15, -0.1) is 0 Å². The molecule has 3 nitrogen and oxygen atoms in total. The van der Waals surface area contributed by atoms with E-state index in [0.717, 1.165) is 62.1 Å². The van der Waals surface area contributed by atoms with Gasteiger partial charge in [-0.3, -0.25) is 0 Å². The molecule has 7 atom stereocenters. The van der Waals surface area contributed by atoms with E-state index in [9.17, 15) is 5.11 Å². The summed E-state index contributed by atoms with van der Waals surface area (Å²) in [5, 5.41) is 9.19. The molecule has 0 radical (unpaired) electrons. The fourth-order valence-corrected chi connectivity index (χ4v) is 9.04. The molecule has 28 heavy (non-hydrogen) atoms. The van der Waals surface area contributed by atoms with Gasteiger partial charge in [0.15, 0.2) is 5.79 Å². The highest BCUT2D eigenvalue weighted by atomic mass is 16.7. The normalized spacial score (nSPS) is 49.6. The zero-order valence-corrected chi connectivity index (χ0v) is 18.3. The number of hydrogen-bond donors (Lipinski definition) is 1. The highest BCUT2D eigenvalue weighted by Gasteiger charge is 2.61. The van der Waals surface area contributed by atoms with Crippen molar-refractivity contribution in [3.63, 3.8) is 0 Å². The first-order valence-corrected chi connectivity index (χ1v) is 12.4. The van der Waals surface area contributed by atoms with Crippen molar-refractivity contribution in [3.8, 4) is 0 Å². The fraction of sp³-hybridized carbons (Fsp3) is 1.00. The summed E-state index contributed by atoms with van der Waals surface area (Å²) in [5.41, 5.74) is 1.09. The third-order valence-corrected chi connectivity index (χ3v) is 10.6. The molecular formula is C25H42O3. The van der Waals surface area contributed by atoms with Crippen LogP contribution in [0, 0.1) is 40.4 Å². The van der Waals surface area contributed by atoms with Crippen molar-refractivity contribution in [2.75, 3.05) is 19.8 Å². The summed E-state index contributed by atoms with van der Waals surface area (Å²) >= 11 is 0. The molecule has 0 aromatic rings. The lowest BCUT2D eigenvalue weighted by Gasteiger charge is -2.62. The Morgan fingerprint density at radius 1 is 0.821 bits per heavy atom. The molecule has 4 saturated carbocycles. The van der Waals surface area contributed by atoms with Crippen LogP contribution < -0.4 is 0 Å². The summed E-state index contributed by atoms with van der Waals surface area (Å²) in [6.07, 6.45) is 15.8. The van der Waals surface area contributed by atoms with Gasteiger partial charge in [-0.05, 0) is 98.2 Å². The van der Waals surface area contributed by atoms with Gasteiger partial charge in [-0.1, -0.05) is 20.3 Å². The van der Waals surface area contributed by atoms with Crippen LogP contribution in [0.4, 0.5) is 0 Å². The Labute approximate surface area is 171 Å². The number of fused-ring (bicyclic) bond motifs is 5. The van der Waals surface area contributed by atoms with E-state index in [0.29, 0.717) is 17.4 Å². The average molecular weight is 391 g/mol. The number of unbranched alkanes of at least 4 members (excludes halogenated alkanes) is 1. The molecule has 1 saturated heterocycles. The minimum absolute atomic E-state index is 0.217. The standard InChI is InChI=1S/C25H42O3/c1-23-11-10-22-20(21(23)9-7-18(23)5-3-4-14-26)8-6-19-17-25(27-15-16-28-25)13-12-24(19,22)2/h18-22,26H,3-17H2,1-2H3/t18?,19-,20?,21?,22?,23?,24?/m0/s1. The fourth-order valence-electron chi connectivity index (χ4n) is 9.04. The number of ether oxygens (including phenoxy) is 2. The molecule has 1 N–H and O–H groups in total. The molecule has 0 bridgehead atoms. The number of aliphatic hydroxyl groups excluding tert-OH is 1. The van der Waals surface area contributed by atoms with Crippen LogP contribution in [-0.4, -0.2) is 30.7 Å². The van der Waals surface area contributed by atoms with E-state index in [-0.39, 0.29) is 5.79 Å². The van der Waals surface area contributed by atoms with Crippen LogP contribution >= 0.6 is 0 Å². The molecular weight excluding hydrogens is 348 g/mol. The highest BCUT2D eigenvalue weighted by Crippen LogP contribution is 2.68. The Bertz CT molecular complexity index is 570. The zero-order valence-electron chi connectivity index (χ0n) is 18.3. The molecule has 1 spiro atoms. The van der Waals surface area contributed by atoms with E-state index in [1.165, 1.54) is 57.8 Å². The summed E-state index contributed by atoms with van der Waals surface area (Å²) < 4.78 is 12.2. The van der Waals surface area contributed by atoms with Crippen LogP contribution in [0.3, 0.4) is 0 Å². The Hall–Kier alpha value is -0.120. The summed E-state index contributed by atoms with van der Waals surface area (Å²) in [4.78, 5) is 0. The van der Waals surface area contributed by atoms with Crippen molar-refractivity contribution in [1.29, 1.82) is 0 Å². The van der Waals surface area contributed by atoms with Gasteiger partial charge in [0.25, 0.3) is 0 Å². The lowest BCUT2D eigenvalue weighted by atomic mass is 9.44. The van der Waals surface area contributed by atoms with Gasteiger partial charge in [-0.25, -0.2) is 0 Å². The van der Waals surface area contributed by atoms with Gasteiger partial charge in [0.2, 0.25) is 0 Å². The van der Waals surface area contributed by atoms with Crippen LogP contribution in [0.2, 0.25) is 0 Å². The van der Waals surface area contributed by atoms with Crippen molar-refractivity contribution < 1.29 is 14.6 Å². The van der Waals surface area contributed by atoms with Gasteiger partial charge >= 0.3 is 0 Å². The van der Waals surface area contributed by atoms with E-state index < -0.39 is 0 Å². The first-order chi connectivity index (χ1) is 13.5. The molecule has 6 unspecified atom stereocenters. The lowest BCUT2D eigenvalue weighted by molar-refractivity contribution is -0.229.